The first kappa shape index (κ1) is 46.5. The molecular weight excluding hydrogens is 783 g/mol. The Morgan fingerprint density at radius 2 is 1.00 bits per heavy atom. The van der Waals surface area contributed by atoms with Crippen molar-refractivity contribution in [2.75, 3.05) is 26.2 Å². The zero-order valence-corrected chi connectivity index (χ0v) is 36.1. The monoisotopic (exact) mass is 849 g/mol. The molecule has 2 atom stereocenters. The Kier molecular flexibility index (Phi) is 15.7. The van der Waals surface area contributed by atoms with Gasteiger partial charge in [0.15, 0.2) is 0 Å². The molecule has 62 heavy (non-hydrogen) atoms. The van der Waals surface area contributed by atoms with Crippen LogP contribution in [0.5, 0.6) is 0 Å². The molecule has 2 aliphatic carbocycles. The van der Waals surface area contributed by atoms with E-state index < -0.39 is 0 Å². The van der Waals surface area contributed by atoms with E-state index in [9.17, 15) is 5.02 Å². The van der Waals surface area contributed by atoms with Gasteiger partial charge >= 0.3 is 7.05 Å². The molecule has 0 radical (unpaired) electrons. The lowest BCUT2D eigenvalue weighted by Crippen LogP contribution is -2.44. The number of hydrogen-bond donors (Lipinski definition) is 2. The van der Waals surface area contributed by atoms with Crippen LogP contribution in [-0.2, 0) is 13.1 Å². The molecule has 4 heterocycles. The molecule has 0 bridgehead atoms. The molecule has 2 fully saturated rings. The molecule has 4 aromatic carbocycles. The Balaban J connectivity index is 0.000000198. The van der Waals surface area contributed by atoms with Crippen molar-refractivity contribution in [3.05, 3.63) is 178 Å². The van der Waals surface area contributed by atoms with Crippen LogP contribution in [0.4, 0.5) is 0 Å². The highest BCUT2D eigenvalue weighted by atomic mass is 35.5. The molecule has 0 amide bonds. The summed E-state index contributed by atoms with van der Waals surface area (Å²) >= 11 is 0. The van der Waals surface area contributed by atoms with E-state index in [0.717, 1.165) is 63.8 Å². The molecule has 0 spiro atoms. The van der Waals surface area contributed by atoms with Crippen molar-refractivity contribution in [2.45, 2.75) is 86.1 Å². The molecule has 2 aromatic heterocycles. The average molecular weight is 849 g/mol. The van der Waals surface area contributed by atoms with Gasteiger partial charge in [0.05, 0.1) is 0 Å². The number of aryl methyl sites for hydroxylation is 2. The highest BCUT2D eigenvalue weighted by Gasteiger charge is 2.35. The largest absolute Gasteiger partial charge is 0.437 e. The topological polar surface area (TPSA) is 71.1 Å². The maximum absolute atomic E-state index is 10.0. The summed E-state index contributed by atoms with van der Waals surface area (Å²) in [5.74, 6) is 4.20. The minimum Gasteiger partial charge on any atom is -0.437 e. The van der Waals surface area contributed by atoms with Crippen LogP contribution in [0.2, 0.25) is 6.82 Å². The minimum absolute atomic E-state index is 0. The molecule has 2 saturated heterocycles. The van der Waals surface area contributed by atoms with Gasteiger partial charge in [0.1, 0.15) is 11.6 Å². The normalized spacial score (nSPS) is 18.5. The predicted molar refractivity (Wildman–Crippen MR) is 264 cm³/mol. The molecule has 2 unspecified atom stereocenters. The Labute approximate surface area is 377 Å². The fourth-order valence-electron chi connectivity index (χ4n) is 10.4. The SMILES string of the molecule is C.C.CB(O)N1CCC(C2c3ccccc3C=C(Cn3ccnc3C)c3ccccc32)CC1.Cc1nccn1CC1=Cc2ccccc2C(C2CCNCC2)c2ccccc21.Cl. The van der Waals surface area contributed by atoms with Crippen molar-refractivity contribution >= 4 is 42.8 Å². The first-order valence-electron chi connectivity index (χ1n) is 21.8. The molecule has 0 saturated carbocycles. The second kappa shape index (κ2) is 20.9. The number of fused-ring (bicyclic) bond motifs is 4. The zero-order valence-electron chi connectivity index (χ0n) is 35.3. The van der Waals surface area contributed by atoms with Crippen LogP contribution in [0, 0.1) is 25.7 Å². The van der Waals surface area contributed by atoms with Crippen LogP contribution in [-0.4, -0.2) is 62.2 Å². The Hall–Kier alpha value is -4.99. The summed E-state index contributed by atoms with van der Waals surface area (Å²) in [6.45, 7) is 11.9. The zero-order chi connectivity index (χ0) is 40.3. The quantitative estimate of drug-likeness (QED) is 0.157. The Morgan fingerprint density at radius 3 is 1.42 bits per heavy atom. The van der Waals surface area contributed by atoms with Crippen molar-refractivity contribution in [1.29, 1.82) is 0 Å². The third-order valence-corrected chi connectivity index (χ3v) is 13.6. The number of imidazole rings is 2. The number of benzene rings is 4. The van der Waals surface area contributed by atoms with Gasteiger partial charge in [0.25, 0.3) is 0 Å². The van der Waals surface area contributed by atoms with Gasteiger partial charge in [-0.1, -0.05) is 112 Å². The average Bonchev–Trinajstić information content (AvgIpc) is 3.80. The maximum atomic E-state index is 10.0. The van der Waals surface area contributed by atoms with Gasteiger partial charge in [-0.05, 0) is 152 Å². The van der Waals surface area contributed by atoms with Gasteiger partial charge in [0.2, 0.25) is 0 Å². The number of hydrogen-bond acceptors (Lipinski definition) is 5. The molecular formula is C53H66BClN6O. The van der Waals surface area contributed by atoms with Crippen molar-refractivity contribution in [2.24, 2.45) is 11.8 Å². The number of piperidine rings is 2. The third kappa shape index (κ3) is 9.64. The van der Waals surface area contributed by atoms with Gasteiger partial charge in [0, 0.05) is 49.7 Å². The van der Waals surface area contributed by atoms with E-state index in [1.165, 1.54) is 68.5 Å². The summed E-state index contributed by atoms with van der Waals surface area (Å²) < 4.78 is 4.47. The van der Waals surface area contributed by atoms with Crippen LogP contribution < -0.4 is 5.32 Å². The van der Waals surface area contributed by atoms with E-state index in [4.69, 9.17) is 0 Å². The molecule has 2 N–H and O–H groups in total. The summed E-state index contributed by atoms with van der Waals surface area (Å²) in [5.41, 5.74) is 14.0. The number of allylic oxidation sites excluding steroid dienone is 2. The second-order valence-corrected chi connectivity index (χ2v) is 17.0. The van der Waals surface area contributed by atoms with Crippen LogP contribution in [0.25, 0.3) is 23.3 Å². The van der Waals surface area contributed by atoms with Crippen molar-refractivity contribution in [3.8, 4) is 0 Å². The number of aromatic nitrogens is 4. The highest BCUT2D eigenvalue weighted by molar-refractivity contribution is 6.45. The number of halogens is 1. The molecule has 2 aliphatic heterocycles. The number of rotatable bonds is 7. The van der Waals surface area contributed by atoms with Gasteiger partial charge < -0.3 is 24.3 Å². The molecule has 4 aliphatic rings. The lowest BCUT2D eigenvalue weighted by atomic mass is 9.72. The lowest BCUT2D eigenvalue weighted by Gasteiger charge is -2.37. The predicted octanol–water partition coefficient (Wildman–Crippen LogP) is 11.3. The fraction of sp³-hybridized carbons (Fsp3) is 0.358. The molecule has 7 nitrogen and oxygen atoms in total. The van der Waals surface area contributed by atoms with Gasteiger partial charge in [-0.25, -0.2) is 9.97 Å². The summed E-state index contributed by atoms with van der Waals surface area (Å²) in [5, 5.41) is 13.6. The highest BCUT2D eigenvalue weighted by Crippen LogP contribution is 2.46. The molecule has 9 heteroatoms. The smallest absolute Gasteiger partial charge is 0.376 e. The standard InChI is InChI=1S/C26H30BN3O.C25H27N3.2CH4.ClH/c1-19-28-13-16-29(19)18-22-17-21-7-3-4-9-24(21)26(25-10-6-5-8-23(22)25)20-11-14-30(15-12-20)27(2)31;1-18-27-14-15-28(18)17-21-16-20-6-2-3-8-23(20)25(19-10-12-26-13-11-19)24-9-5-4-7-22(21)24;;;/h3-10,13,16-17,20,26,31H,11-12,14-15,18H2,1-2H3;2-9,14-16,19,25-26H,10-13,17H2,1H3;2*1H4;1H. The fourth-order valence-corrected chi connectivity index (χ4v) is 10.4. The first-order chi connectivity index (χ1) is 28.9. The molecule has 10 rings (SSSR count). The summed E-state index contributed by atoms with van der Waals surface area (Å²) in [4.78, 5) is 11.0. The molecule has 6 aromatic rings. The van der Waals surface area contributed by atoms with Crippen LogP contribution in [0.1, 0.15) is 109 Å². The van der Waals surface area contributed by atoms with Crippen molar-refractivity contribution < 1.29 is 5.02 Å². The second-order valence-electron chi connectivity index (χ2n) is 17.0. The van der Waals surface area contributed by atoms with Crippen molar-refractivity contribution in [1.82, 2.24) is 29.2 Å². The third-order valence-electron chi connectivity index (χ3n) is 13.6. The van der Waals surface area contributed by atoms with Gasteiger partial charge in [-0.15, -0.1) is 12.4 Å². The molecule has 324 valence electrons. The van der Waals surface area contributed by atoms with E-state index >= 15 is 0 Å². The number of nitrogens with one attached hydrogen (secondary N) is 1. The van der Waals surface area contributed by atoms with Crippen LogP contribution >= 0.6 is 12.4 Å². The summed E-state index contributed by atoms with van der Waals surface area (Å²) in [6, 6.07) is 36.0. The van der Waals surface area contributed by atoms with E-state index in [1.54, 1.807) is 0 Å². The number of nitrogens with zero attached hydrogens (tertiary/aromatic N) is 5. The lowest BCUT2D eigenvalue weighted by molar-refractivity contribution is 0.236. The van der Waals surface area contributed by atoms with Crippen LogP contribution in [0.15, 0.2) is 122 Å². The van der Waals surface area contributed by atoms with Crippen LogP contribution in [0.3, 0.4) is 0 Å². The van der Waals surface area contributed by atoms with E-state index in [2.05, 4.69) is 165 Å². The Bertz CT molecular complexity index is 2450. The minimum atomic E-state index is -0.360. The Morgan fingerprint density at radius 1 is 0.597 bits per heavy atom. The van der Waals surface area contributed by atoms with E-state index in [-0.39, 0.29) is 34.3 Å². The van der Waals surface area contributed by atoms with Gasteiger partial charge in [-0.3, -0.25) is 0 Å². The van der Waals surface area contributed by atoms with E-state index in [0.29, 0.717) is 23.7 Å². The van der Waals surface area contributed by atoms with Crippen molar-refractivity contribution in [3.63, 3.8) is 0 Å². The summed E-state index contributed by atoms with van der Waals surface area (Å²) in [6.07, 6.45) is 17.4. The van der Waals surface area contributed by atoms with E-state index in [1.807, 2.05) is 19.2 Å². The van der Waals surface area contributed by atoms with Gasteiger partial charge in [-0.2, -0.15) is 0 Å². The summed E-state index contributed by atoms with van der Waals surface area (Å²) in [7, 11) is -0.360. The first-order valence-corrected chi connectivity index (χ1v) is 21.8. The maximum Gasteiger partial charge on any atom is 0.376 e.